The van der Waals surface area contributed by atoms with Crippen molar-refractivity contribution in [2.45, 2.75) is 12.5 Å². The monoisotopic (exact) mass is 165 g/mol. The maximum absolute atomic E-state index is 5.74. The fourth-order valence-corrected chi connectivity index (χ4v) is 1.35. The molecule has 1 aliphatic heterocycles. The third kappa shape index (κ3) is 1.35. The fraction of sp³-hybridized carbons (Fsp3) is 0.571. The fourth-order valence-electron chi connectivity index (χ4n) is 1.35. The summed E-state index contributed by atoms with van der Waals surface area (Å²) in [6.07, 6.45) is 4.23. The molecule has 0 radical (unpaired) electrons. The Morgan fingerprint density at radius 2 is 2.42 bits per heavy atom. The topological polar surface area (TPSA) is 67.9 Å². The summed E-state index contributed by atoms with van der Waals surface area (Å²) >= 11 is 0. The molecule has 2 rings (SSSR count). The summed E-state index contributed by atoms with van der Waals surface area (Å²) in [5, 5.41) is 7.66. The lowest BCUT2D eigenvalue weighted by atomic mass is 10.3. The number of hydrogen-bond donors (Lipinski definition) is 1. The van der Waals surface area contributed by atoms with Crippen molar-refractivity contribution in [3.05, 3.63) is 12.4 Å². The van der Waals surface area contributed by atoms with Gasteiger partial charge in [0.25, 0.3) is 0 Å². The highest BCUT2D eigenvalue weighted by molar-refractivity contribution is 5.29. The van der Waals surface area contributed by atoms with Crippen LogP contribution in [0.15, 0.2) is 12.4 Å². The van der Waals surface area contributed by atoms with Crippen LogP contribution in [0.1, 0.15) is 6.42 Å². The lowest BCUT2D eigenvalue weighted by molar-refractivity contribution is 0.748. The molecule has 1 fully saturated rings. The van der Waals surface area contributed by atoms with Crippen molar-refractivity contribution >= 4 is 5.95 Å². The number of aromatic nitrogens is 3. The average Bonchev–Trinajstić information content (AvgIpc) is 2.54. The van der Waals surface area contributed by atoms with Gasteiger partial charge in [-0.25, -0.2) is 4.98 Å². The molecule has 0 aliphatic carbocycles. The van der Waals surface area contributed by atoms with Crippen molar-refractivity contribution in [1.82, 2.24) is 15.2 Å². The van der Waals surface area contributed by atoms with Crippen molar-refractivity contribution < 1.29 is 0 Å². The largest absolute Gasteiger partial charge is 0.338 e. The smallest absolute Gasteiger partial charge is 0.245 e. The van der Waals surface area contributed by atoms with E-state index in [9.17, 15) is 0 Å². The van der Waals surface area contributed by atoms with Gasteiger partial charge in [0.1, 0.15) is 0 Å². The normalized spacial score (nSPS) is 23.1. The van der Waals surface area contributed by atoms with E-state index in [0.717, 1.165) is 19.5 Å². The Balaban J connectivity index is 2.11. The molecule has 0 unspecified atom stereocenters. The highest BCUT2D eigenvalue weighted by Gasteiger charge is 2.20. The average molecular weight is 165 g/mol. The van der Waals surface area contributed by atoms with Gasteiger partial charge in [-0.1, -0.05) is 0 Å². The number of nitrogens with zero attached hydrogens (tertiary/aromatic N) is 4. The van der Waals surface area contributed by atoms with Crippen molar-refractivity contribution in [3.63, 3.8) is 0 Å². The third-order valence-corrected chi connectivity index (χ3v) is 1.98. The molecule has 1 aromatic heterocycles. The molecule has 0 saturated carbocycles. The highest BCUT2D eigenvalue weighted by Crippen LogP contribution is 2.12. The van der Waals surface area contributed by atoms with Crippen molar-refractivity contribution in [1.29, 1.82) is 0 Å². The van der Waals surface area contributed by atoms with Crippen LogP contribution in [0, 0.1) is 0 Å². The Morgan fingerprint density at radius 1 is 1.50 bits per heavy atom. The third-order valence-electron chi connectivity index (χ3n) is 1.98. The molecule has 0 bridgehead atoms. The SMILES string of the molecule is N[C@@H]1CCN(c2nccnn2)C1. The number of rotatable bonds is 1. The molecular formula is C7H11N5. The second-order valence-electron chi connectivity index (χ2n) is 2.94. The van der Waals surface area contributed by atoms with Crippen LogP contribution in [0.2, 0.25) is 0 Å². The van der Waals surface area contributed by atoms with Gasteiger partial charge in [0.15, 0.2) is 0 Å². The van der Waals surface area contributed by atoms with Crippen LogP contribution < -0.4 is 10.6 Å². The molecule has 0 amide bonds. The van der Waals surface area contributed by atoms with Crippen LogP contribution in [0.4, 0.5) is 5.95 Å². The minimum Gasteiger partial charge on any atom is -0.338 e. The molecule has 2 N–H and O–H groups in total. The van der Waals surface area contributed by atoms with Gasteiger partial charge in [0.05, 0.1) is 12.4 Å². The van der Waals surface area contributed by atoms with E-state index in [2.05, 4.69) is 20.1 Å². The molecule has 0 aromatic carbocycles. The second-order valence-corrected chi connectivity index (χ2v) is 2.94. The molecule has 1 saturated heterocycles. The molecule has 1 aromatic rings. The van der Waals surface area contributed by atoms with Crippen molar-refractivity contribution in [2.75, 3.05) is 18.0 Å². The van der Waals surface area contributed by atoms with E-state index in [1.807, 2.05) is 0 Å². The van der Waals surface area contributed by atoms with Gasteiger partial charge >= 0.3 is 0 Å². The first-order valence-corrected chi connectivity index (χ1v) is 4.00. The summed E-state index contributed by atoms with van der Waals surface area (Å²) in [6.45, 7) is 1.78. The van der Waals surface area contributed by atoms with Crippen LogP contribution in [-0.2, 0) is 0 Å². The van der Waals surface area contributed by atoms with Crippen LogP contribution in [0.5, 0.6) is 0 Å². The first-order valence-electron chi connectivity index (χ1n) is 4.00. The molecule has 1 atom stereocenters. The Bertz CT molecular complexity index is 249. The summed E-state index contributed by atoms with van der Waals surface area (Å²) in [5.74, 6) is 0.686. The summed E-state index contributed by atoms with van der Waals surface area (Å²) in [6, 6.07) is 0.258. The molecule has 0 spiro atoms. The van der Waals surface area contributed by atoms with E-state index in [-0.39, 0.29) is 6.04 Å². The molecule has 2 heterocycles. The quantitative estimate of drug-likeness (QED) is 0.602. The van der Waals surface area contributed by atoms with E-state index in [0.29, 0.717) is 5.95 Å². The predicted octanol–water partition coefficient (Wildman–Crippen LogP) is -0.591. The van der Waals surface area contributed by atoms with Gasteiger partial charge < -0.3 is 10.6 Å². The minimum absolute atomic E-state index is 0.258. The first kappa shape index (κ1) is 7.42. The zero-order chi connectivity index (χ0) is 8.39. The number of anilines is 1. The summed E-state index contributed by atoms with van der Waals surface area (Å²) in [7, 11) is 0. The van der Waals surface area contributed by atoms with Gasteiger partial charge in [0, 0.05) is 19.1 Å². The van der Waals surface area contributed by atoms with Gasteiger partial charge in [-0.15, -0.1) is 5.10 Å². The van der Waals surface area contributed by atoms with Gasteiger partial charge in [-0.3, -0.25) is 0 Å². The van der Waals surface area contributed by atoms with Crippen LogP contribution in [0.25, 0.3) is 0 Å². The van der Waals surface area contributed by atoms with Crippen molar-refractivity contribution in [2.24, 2.45) is 5.73 Å². The Kier molecular flexibility index (Phi) is 1.87. The minimum atomic E-state index is 0.258. The van der Waals surface area contributed by atoms with Crippen LogP contribution in [-0.4, -0.2) is 34.3 Å². The predicted molar refractivity (Wildman–Crippen MR) is 44.6 cm³/mol. The summed E-state index contributed by atoms with van der Waals surface area (Å²) in [5.41, 5.74) is 5.74. The zero-order valence-corrected chi connectivity index (χ0v) is 6.72. The Hall–Kier alpha value is -1.23. The molecule has 5 nitrogen and oxygen atoms in total. The molecular weight excluding hydrogens is 154 g/mol. The van der Waals surface area contributed by atoms with Crippen molar-refractivity contribution in [3.8, 4) is 0 Å². The number of nitrogens with two attached hydrogens (primary N) is 1. The number of hydrogen-bond acceptors (Lipinski definition) is 5. The van der Waals surface area contributed by atoms with E-state index in [4.69, 9.17) is 5.73 Å². The first-order chi connectivity index (χ1) is 5.86. The van der Waals surface area contributed by atoms with Gasteiger partial charge in [-0.2, -0.15) is 5.10 Å². The van der Waals surface area contributed by atoms with Crippen LogP contribution >= 0.6 is 0 Å². The zero-order valence-electron chi connectivity index (χ0n) is 6.72. The maximum atomic E-state index is 5.74. The summed E-state index contributed by atoms with van der Waals surface area (Å²) in [4.78, 5) is 6.15. The summed E-state index contributed by atoms with van der Waals surface area (Å²) < 4.78 is 0. The lowest BCUT2D eigenvalue weighted by Crippen LogP contribution is -2.27. The molecule has 5 heteroatoms. The van der Waals surface area contributed by atoms with E-state index < -0.39 is 0 Å². The highest BCUT2D eigenvalue weighted by atomic mass is 15.3. The second kappa shape index (κ2) is 3.02. The standard InChI is InChI=1S/C7H11N5/c8-6-1-4-12(5-6)7-9-2-3-10-11-7/h2-3,6H,1,4-5,8H2/t6-/m1/s1. The molecule has 64 valence electrons. The lowest BCUT2D eigenvalue weighted by Gasteiger charge is -2.13. The molecule has 12 heavy (non-hydrogen) atoms. The molecule has 1 aliphatic rings. The maximum Gasteiger partial charge on any atom is 0.245 e. The van der Waals surface area contributed by atoms with E-state index in [1.165, 1.54) is 0 Å². The van der Waals surface area contributed by atoms with Crippen LogP contribution in [0.3, 0.4) is 0 Å². The van der Waals surface area contributed by atoms with Gasteiger partial charge in [-0.05, 0) is 6.42 Å². The van der Waals surface area contributed by atoms with E-state index >= 15 is 0 Å². The Labute approximate surface area is 70.6 Å². The van der Waals surface area contributed by atoms with Gasteiger partial charge in [0.2, 0.25) is 5.95 Å². The van der Waals surface area contributed by atoms with E-state index in [1.54, 1.807) is 12.4 Å². The Morgan fingerprint density at radius 3 is 3.00 bits per heavy atom.